The van der Waals surface area contributed by atoms with E-state index in [0.29, 0.717) is 6.54 Å². The number of nitrogens with zero attached hydrogens (tertiary/aromatic N) is 2. The average Bonchev–Trinajstić information content (AvgIpc) is 2.11. The lowest BCUT2D eigenvalue weighted by atomic mass is 10.0. The van der Waals surface area contributed by atoms with Crippen LogP contribution in [0.5, 0.6) is 0 Å². The number of rotatable bonds is 5. The van der Waals surface area contributed by atoms with Crippen LogP contribution in [0, 0.1) is 5.92 Å². The first-order valence-electron chi connectivity index (χ1n) is 5.41. The van der Waals surface area contributed by atoms with Gasteiger partial charge in [0.15, 0.2) is 0 Å². The van der Waals surface area contributed by atoms with Crippen molar-refractivity contribution in [1.29, 1.82) is 0 Å². The normalized spacial score (nSPS) is 12.8. The third kappa shape index (κ3) is 5.11. The summed E-state index contributed by atoms with van der Waals surface area (Å²) in [6.45, 7) is 4.13. The van der Waals surface area contributed by atoms with E-state index in [1.54, 1.807) is 19.0 Å². The molecule has 0 rings (SSSR count). The van der Waals surface area contributed by atoms with E-state index in [0.717, 1.165) is 0 Å². The van der Waals surface area contributed by atoms with E-state index >= 15 is 0 Å². The lowest BCUT2D eigenvalue weighted by Crippen LogP contribution is -2.51. The highest BCUT2D eigenvalue weighted by atomic mass is 16.2. The lowest BCUT2D eigenvalue weighted by molar-refractivity contribution is -0.135. The van der Waals surface area contributed by atoms with Crippen molar-refractivity contribution < 1.29 is 9.59 Å². The number of carbonyl (C=O) groups excluding carboxylic acids is 2. The molecule has 0 saturated heterocycles. The van der Waals surface area contributed by atoms with Gasteiger partial charge in [0.25, 0.3) is 0 Å². The van der Waals surface area contributed by atoms with Crippen LogP contribution in [0.1, 0.15) is 13.8 Å². The molecule has 1 N–H and O–H groups in total. The van der Waals surface area contributed by atoms with Crippen molar-refractivity contribution in [3.05, 3.63) is 0 Å². The van der Waals surface area contributed by atoms with Crippen molar-refractivity contribution in [2.24, 2.45) is 5.92 Å². The SMILES string of the molecule is CC(C)[C@H](NC(=O)CN(C)C)C(=O)N(C)C. The van der Waals surface area contributed by atoms with Gasteiger partial charge in [-0.1, -0.05) is 13.8 Å². The third-order valence-corrected chi connectivity index (χ3v) is 2.15. The molecule has 0 aromatic carbocycles. The summed E-state index contributed by atoms with van der Waals surface area (Å²) in [5, 5.41) is 2.76. The highest BCUT2D eigenvalue weighted by Gasteiger charge is 2.25. The molecule has 0 aromatic heterocycles. The zero-order chi connectivity index (χ0) is 12.9. The molecular formula is C11H23N3O2. The average molecular weight is 229 g/mol. The highest BCUT2D eigenvalue weighted by Crippen LogP contribution is 2.04. The maximum atomic E-state index is 11.8. The van der Waals surface area contributed by atoms with Crippen LogP contribution < -0.4 is 5.32 Å². The van der Waals surface area contributed by atoms with Crippen molar-refractivity contribution in [2.75, 3.05) is 34.7 Å². The van der Waals surface area contributed by atoms with Gasteiger partial charge in [-0.15, -0.1) is 0 Å². The lowest BCUT2D eigenvalue weighted by Gasteiger charge is -2.25. The van der Waals surface area contributed by atoms with Crippen molar-refractivity contribution in [3.63, 3.8) is 0 Å². The number of carbonyl (C=O) groups is 2. The number of hydrogen-bond donors (Lipinski definition) is 1. The molecule has 0 spiro atoms. The Kier molecular flexibility index (Phi) is 6.03. The van der Waals surface area contributed by atoms with E-state index in [4.69, 9.17) is 0 Å². The second kappa shape index (κ2) is 6.48. The molecule has 0 aliphatic rings. The molecule has 0 fully saturated rings. The monoisotopic (exact) mass is 229 g/mol. The predicted octanol–water partition coefficient (Wildman–Crippen LogP) is -0.223. The van der Waals surface area contributed by atoms with Gasteiger partial charge >= 0.3 is 0 Å². The van der Waals surface area contributed by atoms with Gasteiger partial charge in [-0.3, -0.25) is 9.59 Å². The second-order valence-electron chi connectivity index (χ2n) is 4.76. The van der Waals surface area contributed by atoms with E-state index < -0.39 is 6.04 Å². The molecule has 5 nitrogen and oxygen atoms in total. The molecule has 0 radical (unpaired) electrons. The number of hydrogen-bond acceptors (Lipinski definition) is 3. The molecular weight excluding hydrogens is 206 g/mol. The van der Waals surface area contributed by atoms with Crippen molar-refractivity contribution in [1.82, 2.24) is 15.1 Å². The topological polar surface area (TPSA) is 52.7 Å². The second-order valence-corrected chi connectivity index (χ2v) is 4.76. The summed E-state index contributed by atoms with van der Waals surface area (Å²) in [6, 6.07) is -0.442. The van der Waals surface area contributed by atoms with E-state index in [1.807, 2.05) is 27.9 Å². The fourth-order valence-corrected chi connectivity index (χ4v) is 1.30. The molecule has 5 heteroatoms. The number of amides is 2. The summed E-state index contributed by atoms with van der Waals surface area (Å²) < 4.78 is 0. The van der Waals surface area contributed by atoms with Gasteiger partial charge in [-0.25, -0.2) is 0 Å². The Hall–Kier alpha value is -1.10. The molecule has 0 aromatic rings. The van der Waals surface area contributed by atoms with Crippen LogP contribution in [0.4, 0.5) is 0 Å². The minimum absolute atomic E-state index is 0.0675. The molecule has 0 unspecified atom stereocenters. The van der Waals surface area contributed by atoms with E-state index in [-0.39, 0.29) is 17.7 Å². The van der Waals surface area contributed by atoms with Crippen molar-refractivity contribution in [3.8, 4) is 0 Å². The van der Waals surface area contributed by atoms with Gasteiger partial charge < -0.3 is 15.1 Å². The molecule has 1 atom stereocenters. The zero-order valence-corrected chi connectivity index (χ0v) is 11.1. The molecule has 2 amide bonds. The maximum Gasteiger partial charge on any atom is 0.244 e. The zero-order valence-electron chi connectivity index (χ0n) is 11.1. The Bertz CT molecular complexity index is 250. The predicted molar refractivity (Wildman–Crippen MR) is 64.0 cm³/mol. The summed E-state index contributed by atoms with van der Waals surface area (Å²) in [6.07, 6.45) is 0. The molecule has 0 aliphatic heterocycles. The minimum atomic E-state index is -0.442. The van der Waals surface area contributed by atoms with Crippen LogP contribution in [0.25, 0.3) is 0 Å². The third-order valence-electron chi connectivity index (χ3n) is 2.15. The van der Waals surface area contributed by atoms with Gasteiger partial charge in [0.2, 0.25) is 11.8 Å². The highest BCUT2D eigenvalue weighted by molar-refractivity contribution is 5.88. The summed E-state index contributed by atoms with van der Waals surface area (Å²) in [5.41, 5.74) is 0. The largest absolute Gasteiger partial charge is 0.347 e. The molecule has 0 saturated carbocycles. The standard InChI is InChI=1S/C11H23N3O2/c1-8(2)10(11(16)14(5)6)12-9(15)7-13(3)4/h8,10H,7H2,1-6H3,(H,12,15)/t10-/m0/s1. The van der Waals surface area contributed by atoms with Gasteiger partial charge in [0.1, 0.15) is 6.04 Å². The summed E-state index contributed by atoms with van der Waals surface area (Å²) in [7, 11) is 7.01. The molecule has 16 heavy (non-hydrogen) atoms. The van der Waals surface area contributed by atoms with E-state index in [1.165, 1.54) is 4.90 Å². The quantitative estimate of drug-likeness (QED) is 0.709. The van der Waals surface area contributed by atoms with Gasteiger partial charge in [-0.2, -0.15) is 0 Å². The van der Waals surface area contributed by atoms with E-state index in [9.17, 15) is 9.59 Å². The van der Waals surface area contributed by atoms with Crippen LogP contribution >= 0.6 is 0 Å². The smallest absolute Gasteiger partial charge is 0.244 e. The first-order valence-corrected chi connectivity index (χ1v) is 5.41. The van der Waals surface area contributed by atoms with Crippen LogP contribution in [-0.2, 0) is 9.59 Å². The van der Waals surface area contributed by atoms with Gasteiger partial charge in [0, 0.05) is 14.1 Å². The summed E-state index contributed by atoms with van der Waals surface area (Å²) in [4.78, 5) is 26.6. The van der Waals surface area contributed by atoms with Gasteiger partial charge in [0.05, 0.1) is 6.54 Å². The Morgan fingerprint density at radius 1 is 1.12 bits per heavy atom. The summed E-state index contributed by atoms with van der Waals surface area (Å²) in [5.74, 6) is -0.109. The molecule has 0 heterocycles. The Balaban J connectivity index is 4.46. The van der Waals surface area contributed by atoms with Crippen LogP contribution in [-0.4, -0.2) is 62.4 Å². The van der Waals surface area contributed by atoms with E-state index in [2.05, 4.69) is 5.32 Å². The van der Waals surface area contributed by atoms with Gasteiger partial charge in [-0.05, 0) is 20.0 Å². The van der Waals surface area contributed by atoms with Crippen molar-refractivity contribution >= 4 is 11.8 Å². The Morgan fingerprint density at radius 2 is 1.62 bits per heavy atom. The maximum absolute atomic E-state index is 11.8. The molecule has 0 bridgehead atoms. The fraction of sp³-hybridized carbons (Fsp3) is 0.818. The number of nitrogens with one attached hydrogen (secondary N) is 1. The number of likely N-dealkylation sites (N-methyl/N-ethyl adjacent to an activating group) is 2. The summed E-state index contributed by atoms with van der Waals surface area (Å²) >= 11 is 0. The molecule has 0 aliphatic carbocycles. The first-order chi connectivity index (χ1) is 7.25. The Labute approximate surface area is 97.8 Å². The van der Waals surface area contributed by atoms with Crippen LogP contribution in [0.3, 0.4) is 0 Å². The first kappa shape index (κ1) is 14.9. The van der Waals surface area contributed by atoms with Crippen molar-refractivity contribution in [2.45, 2.75) is 19.9 Å². The van der Waals surface area contributed by atoms with Crippen LogP contribution in [0.15, 0.2) is 0 Å². The minimum Gasteiger partial charge on any atom is -0.347 e. The fourth-order valence-electron chi connectivity index (χ4n) is 1.30. The molecule has 94 valence electrons. The van der Waals surface area contributed by atoms with Crippen LogP contribution in [0.2, 0.25) is 0 Å². The Morgan fingerprint density at radius 3 is 1.94 bits per heavy atom.